The first-order chi connectivity index (χ1) is 14.9. The molecule has 0 saturated carbocycles. The van der Waals surface area contributed by atoms with E-state index in [4.69, 9.17) is 9.98 Å². The molecule has 0 unspecified atom stereocenters. The second-order valence-electron chi connectivity index (χ2n) is 7.80. The summed E-state index contributed by atoms with van der Waals surface area (Å²) in [5.74, 6) is 0. The van der Waals surface area contributed by atoms with E-state index in [2.05, 4.69) is 104 Å². The number of hydrogen-bond donors (Lipinski definition) is 1. The molecule has 0 bridgehead atoms. The molecule has 0 amide bonds. The van der Waals surface area contributed by atoms with Gasteiger partial charge in [0.25, 0.3) is 0 Å². The highest BCUT2D eigenvalue weighted by molar-refractivity contribution is 14.1. The van der Waals surface area contributed by atoms with Crippen molar-refractivity contribution in [1.29, 1.82) is 0 Å². The number of hydrogen-bond acceptors (Lipinski definition) is 2. The van der Waals surface area contributed by atoms with Gasteiger partial charge in [0.05, 0.1) is 20.8 Å². The number of rotatable bonds is 8. The standard InChI is InChI=1S/C26H33I2N3/c1-7-15-16(8-2)22(14-24-18(10-4)20(12-6)26(28)31-24)29-21(15)13-23-17(9-3)19(11-5)25(27)30-23/h13-14,30H,7-12H2,1-6H3/b21-13-,24-14+. The molecule has 0 radical (unpaired) electrons. The largest absolute Gasteiger partial charge is 0.350 e. The predicted octanol–water partition coefficient (Wildman–Crippen LogP) is 8.50. The average molecular weight is 641 g/mol. The Labute approximate surface area is 214 Å². The zero-order valence-corrected chi connectivity index (χ0v) is 23.9. The van der Waals surface area contributed by atoms with Crippen molar-refractivity contribution in [3.63, 3.8) is 0 Å². The summed E-state index contributed by atoms with van der Waals surface area (Å²) in [7, 11) is 0. The lowest BCUT2D eigenvalue weighted by Gasteiger charge is -2.06. The summed E-state index contributed by atoms with van der Waals surface area (Å²) in [5, 5.41) is 0. The highest BCUT2D eigenvalue weighted by Crippen LogP contribution is 2.37. The van der Waals surface area contributed by atoms with E-state index in [1.807, 2.05) is 0 Å². The maximum absolute atomic E-state index is 5.15. The third-order valence-electron chi connectivity index (χ3n) is 6.24. The SMILES string of the molecule is CCC1=C(CC)/C(=C/c2[nH]c(I)c(CC)c2CC)N=C1/C=C1/N=C(I)C(CC)=C1CC. The first-order valence-electron chi connectivity index (χ1n) is 11.5. The number of H-pyrrole nitrogens is 1. The van der Waals surface area contributed by atoms with Gasteiger partial charge in [0, 0.05) is 5.69 Å². The summed E-state index contributed by atoms with van der Waals surface area (Å²) < 4.78 is 2.39. The second-order valence-corrected chi connectivity index (χ2v) is 9.90. The van der Waals surface area contributed by atoms with Gasteiger partial charge in [-0.2, -0.15) is 0 Å². The smallest absolute Gasteiger partial charge is 0.105 e. The molecule has 2 aliphatic rings. The Kier molecular flexibility index (Phi) is 8.57. The Bertz CT molecular complexity index is 1060. The van der Waals surface area contributed by atoms with Gasteiger partial charge in [0.1, 0.15) is 3.72 Å². The van der Waals surface area contributed by atoms with Crippen LogP contribution in [0.2, 0.25) is 0 Å². The molecule has 3 nitrogen and oxygen atoms in total. The minimum absolute atomic E-state index is 0.985. The van der Waals surface area contributed by atoms with Gasteiger partial charge in [-0.15, -0.1) is 0 Å². The van der Waals surface area contributed by atoms with Crippen LogP contribution in [0, 0.1) is 3.70 Å². The van der Waals surface area contributed by atoms with Gasteiger partial charge in [-0.3, -0.25) is 0 Å². The van der Waals surface area contributed by atoms with E-state index in [0.717, 1.165) is 59.3 Å². The van der Waals surface area contributed by atoms with Crippen LogP contribution in [0.5, 0.6) is 0 Å². The third-order valence-corrected chi connectivity index (χ3v) is 8.05. The van der Waals surface area contributed by atoms with Gasteiger partial charge in [-0.25, -0.2) is 9.98 Å². The van der Waals surface area contributed by atoms with Crippen LogP contribution >= 0.6 is 45.2 Å². The minimum atomic E-state index is 0.985. The topological polar surface area (TPSA) is 40.5 Å². The summed E-state index contributed by atoms with van der Waals surface area (Å²) in [4.78, 5) is 13.7. The van der Waals surface area contributed by atoms with Crippen LogP contribution in [0.3, 0.4) is 0 Å². The molecule has 0 saturated heterocycles. The number of aromatic nitrogens is 1. The second kappa shape index (κ2) is 10.8. The number of allylic oxidation sites excluding steroid dienone is 5. The molecule has 5 heteroatoms. The monoisotopic (exact) mass is 641 g/mol. The van der Waals surface area contributed by atoms with Gasteiger partial charge in [-0.1, -0.05) is 41.5 Å². The number of aliphatic imine (C=N–C) groups is 2. The van der Waals surface area contributed by atoms with E-state index in [1.54, 1.807) is 0 Å². The van der Waals surface area contributed by atoms with Crippen molar-refractivity contribution < 1.29 is 0 Å². The Hall–Kier alpha value is -0.960. The number of nitrogens with one attached hydrogen (secondary N) is 1. The van der Waals surface area contributed by atoms with Crippen LogP contribution in [-0.4, -0.2) is 14.4 Å². The molecule has 0 fully saturated rings. The molecule has 1 aromatic rings. The predicted molar refractivity (Wildman–Crippen MR) is 152 cm³/mol. The molecule has 3 rings (SSSR count). The van der Waals surface area contributed by atoms with Crippen LogP contribution in [0.25, 0.3) is 6.08 Å². The van der Waals surface area contributed by atoms with E-state index >= 15 is 0 Å². The Balaban J connectivity index is 2.13. The van der Waals surface area contributed by atoms with Crippen molar-refractivity contribution in [2.45, 2.75) is 80.1 Å². The molecule has 2 aliphatic heterocycles. The molecule has 0 aromatic carbocycles. The fourth-order valence-electron chi connectivity index (χ4n) is 4.72. The molecule has 31 heavy (non-hydrogen) atoms. The zero-order chi connectivity index (χ0) is 22.7. The van der Waals surface area contributed by atoms with Crippen LogP contribution in [0.15, 0.2) is 49.7 Å². The number of halogens is 2. The van der Waals surface area contributed by atoms with Crippen LogP contribution < -0.4 is 0 Å². The van der Waals surface area contributed by atoms with E-state index in [9.17, 15) is 0 Å². The van der Waals surface area contributed by atoms with Crippen LogP contribution in [0.1, 0.15) is 84.0 Å². The Morgan fingerprint density at radius 1 is 0.645 bits per heavy atom. The molecule has 0 spiro atoms. The summed E-state index contributed by atoms with van der Waals surface area (Å²) in [6.07, 6.45) is 10.6. The average Bonchev–Trinajstić information content (AvgIpc) is 3.36. The molecule has 0 atom stereocenters. The highest BCUT2D eigenvalue weighted by Gasteiger charge is 2.25. The van der Waals surface area contributed by atoms with Crippen LogP contribution in [-0.2, 0) is 12.8 Å². The van der Waals surface area contributed by atoms with Crippen molar-refractivity contribution in [1.82, 2.24) is 4.98 Å². The fourth-order valence-corrected chi connectivity index (χ4v) is 6.68. The molecular formula is C26H33I2N3. The quantitative estimate of drug-likeness (QED) is 0.277. The number of nitrogens with zero attached hydrogens (tertiary/aromatic N) is 2. The van der Waals surface area contributed by atoms with Crippen molar-refractivity contribution in [3.8, 4) is 0 Å². The first-order valence-corrected chi connectivity index (χ1v) is 13.7. The lowest BCUT2D eigenvalue weighted by molar-refractivity contribution is 1.04. The molecule has 3 heterocycles. The Morgan fingerprint density at radius 2 is 1.19 bits per heavy atom. The summed E-state index contributed by atoms with van der Waals surface area (Å²) in [6.45, 7) is 13.4. The normalized spacial score (nSPS) is 19.4. The summed E-state index contributed by atoms with van der Waals surface area (Å²) >= 11 is 4.81. The third kappa shape index (κ3) is 4.72. The van der Waals surface area contributed by atoms with E-state index in [-0.39, 0.29) is 0 Å². The van der Waals surface area contributed by atoms with Gasteiger partial charge >= 0.3 is 0 Å². The van der Waals surface area contributed by atoms with Crippen molar-refractivity contribution in [3.05, 3.63) is 60.3 Å². The van der Waals surface area contributed by atoms with Gasteiger partial charge in [-0.05, 0) is 129 Å². The first kappa shape index (κ1) is 24.7. The fraction of sp³-hybridized carbons (Fsp3) is 0.462. The van der Waals surface area contributed by atoms with E-state index in [0.29, 0.717) is 0 Å². The minimum Gasteiger partial charge on any atom is -0.350 e. The highest BCUT2D eigenvalue weighted by atomic mass is 127. The summed E-state index contributed by atoms with van der Waals surface area (Å²) in [5.41, 5.74) is 12.9. The van der Waals surface area contributed by atoms with Gasteiger partial charge in [0.15, 0.2) is 0 Å². The number of aromatic amines is 1. The molecule has 0 aliphatic carbocycles. The van der Waals surface area contributed by atoms with E-state index in [1.165, 1.54) is 42.8 Å². The maximum Gasteiger partial charge on any atom is 0.105 e. The molecule has 1 aromatic heterocycles. The van der Waals surface area contributed by atoms with Crippen molar-refractivity contribution >= 4 is 60.7 Å². The van der Waals surface area contributed by atoms with E-state index < -0.39 is 0 Å². The van der Waals surface area contributed by atoms with Crippen molar-refractivity contribution in [2.24, 2.45) is 9.98 Å². The zero-order valence-electron chi connectivity index (χ0n) is 19.5. The molecular weight excluding hydrogens is 608 g/mol. The summed E-state index contributed by atoms with van der Waals surface area (Å²) in [6, 6.07) is 0. The lowest BCUT2D eigenvalue weighted by atomic mass is 9.97. The van der Waals surface area contributed by atoms with Gasteiger partial charge in [0.2, 0.25) is 0 Å². The maximum atomic E-state index is 5.15. The lowest BCUT2D eigenvalue weighted by Crippen LogP contribution is -1.98. The van der Waals surface area contributed by atoms with Gasteiger partial charge < -0.3 is 4.98 Å². The molecule has 1 N–H and O–H groups in total. The Morgan fingerprint density at radius 3 is 1.74 bits per heavy atom. The van der Waals surface area contributed by atoms with Crippen LogP contribution in [0.4, 0.5) is 0 Å². The molecule has 166 valence electrons. The van der Waals surface area contributed by atoms with Crippen molar-refractivity contribution in [2.75, 3.05) is 0 Å².